The van der Waals surface area contributed by atoms with E-state index in [1.54, 1.807) is 0 Å². The molecule has 1 nitrogen and oxygen atoms in total. The fourth-order valence-electron chi connectivity index (χ4n) is 1.22. The van der Waals surface area contributed by atoms with E-state index in [-0.39, 0.29) is 24.3 Å². The molecule has 0 fully saturated rings. The average Bonchev–Trinajstić information content (AvgIpc) is 1.83. The third-order valence-electron chi connectivity index (χ3n) is 1.87. The molecule has 0 aliphatic carbocycles. The van der Waals surface area contributed by atoms with Gasteiger partial charge in [0.05, 0.1) is 0 Å². The monoisotopic (exact) mass is 194 g/mol. The molecule has 0 heterocycles. The molecular formula is C10H23LiOSi. The Morgan fingerprint density at radius 1 is 1.31 bits per heavy atom. The summed E-state index contributed by atoms with van der Waals surface area (Å²) in [5, 5.41) is 0. The van der Waals surface area contributed by atoms with Crippen molar-refractivity contribution >= 4 is 9.04 Å². The summed E-state index contributed by atoms with van der Waals surface area (Å²) < 4.78 is 5.95. The van der Waals surface area contributed by atoms with E-state index < -0.39 is 9.04 Å². The first-order valence-electron chi connectivity index (χ1n) is 4.82. The van der Waals surface area contributed by atoms with Crippen molar-refractivity contribution in [2.24, 2.45) is 5.41 Å². The molecule has 0 bridgehead atoms. The Bertz CT molecular complexity index is 121. The summed E-state index contributed by atoms with van der Waals surface area (Å²) in [4.78, 5) is 0. The second kappa shape index (κ2) is 7.12. The van der Waals surface area contributed by atoms with E-state index in [1.165, 1.54) is 0 Å². The molecule has 0 aromatic rings. The Morgan fingerprint density at radius 2 is 1.77 bits per heavy atom. The minimum absolute atomic E-state index is 0. The van der Waals surface area contributed by atoms with Crippen LogP contribution in [0.4, 0.5) is 0 Å². The molecule has 0 spiro atoms. The van der Waals surface area contributed by atoms with E-state index in [9.17, 15) is 0 Å². The Hall–Kier alpha value is 0.774. The Labute approximate surface area is 97.5 Å². The van der Waals surface area contributed by atoms with Gasteiger partial charge in [-0.05, 0) is 18.5 Å². The zero-order valence-electron chi connectivity index (χ0n) is 10.2. The number of rotatable bonds is 4. The van der Waals surface area contributed by atoms with Crippen LogP contribution in [0.1, 0.15) is 33.6 Å². The van der Waals surface area contributed by atoms with Gasteiger partial charge in [-0.2, -0.15) is 6.42 Å². The standard InChI is InChI=1S/C10H23OSi.Li/c1-7-8-9(10(2,3)4)11-12(5)6;/h9,12H,1,7-8H2,2-6H3;/q-1;+1. The number of hydrogen-bond acceptors (Lipinski definition) is 1. The minimum Gasteiger partial charge on any atom is -0.417 e. The maximum absolute atomic E-state index is 5.95. The average molecular weight is 194 g/mol. The molecule has 13 heavy (non-hydrogen) atoms. The van der Waals surface area contributed by atoms with Gasteiger partial charge >= 0.3 is 18.9 Å². The second-order valence-electron chi connectivity index (χ2n) is 4.68. The molecule has 1 atom stereocenters. The summed E-state index contributed by atoms with van der Waals surface area (Å²) >= 11 is 0. The van der Waals surface area contributed by atoms with Gasteiger partial charge in [-0.25, -0.2) is 0 Å². The van der Waals surface area contributed by atoms with Crippen LogP contribution in [0.15, 0.2) is 0 Å². The van der Waals surface area contributed by atoms with Crippen LogP contribution in [0.5, 0.6) is 0 Å². The van der Waals surface area contributed by atoms with Crippen LogP contribution in [-0.2, 0) is 4.43 Å². The second-order valence-corrected chi connectivity index (χ2v) is 7.05. The van der Waals surface area contributed by atoms with Crippen LogP contribution in [0.25, 0.3) is 0 Å². The molecule has 0 aromatic heterocycles. The maximum Gasteiger partial charge on any atom is 1.00 e. The van der Waals surface area contributed by atoms with Gasteiger partial charge < -0.3 is 11.3 Å². The summed E-state index contributed by atoms with van der Waals surface area (Å²) in [6.07, 6.45) is 2.47. The molecule has 0 amide bonds. The first kappa shape index (κ1) is 16.2. The van der Waals surface area contributed by atoms with Gasteiger partial charge in [0.1, 0.15) is 0 Å². The molecule has 0 aliphatic rings. The molecule has 0 radical (unpaired) electrons. The first-order valence-corrected chi connectivity index (χ1v) is 7.60. The molecule has 0 saturated carbocycles. The summed E-state index contributed by atoms with van der Waals surface area (Å²) in [6, 6.07) is 0. The predicted octanol–water partition coefficient (Wildman–Crippen LogP) is 0.0194. The SMILES string of the molecule is [CH2-]CCC(O[SiH](C)C)C(C)(C)C.[Li+]. The zero-order chi connectivity index (χ0) is 9.78. The van der Waals surface area contributed by atoms with Gasteiger partial charge in [0, 0.05) is 6.10 Å². The van der Waals surface area contributed by atoms with Gasteiger partial charge in [0.2, 0.25) is 0 Å². The largest absolute Gasteiger partial charge is 1.00 e. The van der Waals surface area contributed by atoms with Gasteiger partial charge in [0.25, 0.3) is 0 Å². The van der Waals surface area contributed by atoms with E-state index in [2.05, 4.69) is 40.8 Å². The first-order chi connectivity index (χ1) is 5.38. The molecular weight excluding hydrogens is 171 g/mol. The van der Waals surface area contributed by atoms with E-state index in [1.807, 2.05) is 0 Å². The predicted molar refractivity (Wildman–Crippen MR) is 57.8 cm³/mol. The van der Waals surface area contributed by atoms with Crippen molar-refractivity contribution in [1.29, 1.82) is 0 Å². The fourth-order valence-corrected chi connectivity index (χ4v) is 2.42. The van der Waals surface area contributed by atoms with Crippen molar-refractivity contribution in [3.05, 3.63) is 6.92 Å². The third-order valence-corrected chi connectivity index (χ3v) is 2.74. The molecule has 74 valence electrons. The van der Waals surface area contributed by atoms with Crippen LogP contribution < -0.4 is 18.9 Å². The Morgan fingerprint density at radius 3 is 2.00 bits per heavy atom. The van der Waals surface area contributed by atoms with Crippen molar-refractivity contribution in [3.8, 4) is 0 Å². The molecule has 0 aliphatic heterocycles. The van der Waals surface area contributed by atoms with E-state index >= 15 is 0 Å². The minimum atomic E-state index is -0.888. The van der Waals surface area contributed by atoms with Crippen molar-refractivity contribution in [2.45, 2.75) is 52.8 Å². The van der Waals surface area contributed by atoms with Crippen molar-refractivity contribution < 1.29 is 23.3 Å². The topological polar surface area (TPSA) is 9.23 Å². The quantitative estimate of drug-likeness (QED) is 0.453. The van der Waals surface area contributed by atoms with Gasteiger partial charge in [-0.15, -0.1) is 0 Å². The third kappa shape index (κ3) is 7.82. The molecule has 0 N–H and O–H groups in total. The van der Waals surface area contributed by atoms with Crippen molar-refractivity contribution in [2.75, 3.05) is 0 Å². The summed E-state index contributed by atoms with van der Waals surface area (Å²) in [5.74, 6) is 0. The van der Waals surface area contributed by atoms with E-state index in [0.717, 1.165) is 12.8 Å². The molecule has 0 aromatic carbocycles. The van der Waals surface area contributed by atoms with E-state index in [4.69, 9.17) is 4.43 Å². The molecule has 1 unspecified atom stereocenters. The van der Waals surface area contributed by atoms with E-state index in [0.29, 0.717) is 6.10 Å². The van der Waals surface area contributed by atoms with Crippen LogP contribution in [0.2, 0.25) is 13.1 Å². The van der Waals surface area contributed by atoms with Gasteiger partial charge in [-0.1, -0.05) is 27.2 Å². The fraction of sp³-hybridized carbons (Fsp3) is 0.900. The normalized spacial score (nSPS) is 14.1. The van der Waals surface area contributed by atoms with Gasteiger partial charge in [-0.3, -0.25) is 0 Å². The maximum atomic E-state index is 5.95. The molecule has 0 saturated heterocycles. The smallest absolute Gasteiger partial charge is 0.417 e. The zero-order valence-corrected chi connectivity index (χ0v) is 11.3. The van der Waals surface area contributed by atoms with Crippen molar-refractivity contribution in [1.82, 2.24) is 0 Å². The van der Waals surface area contributed by atoms with Gasteiger partial charge in [0.15, 0.2) is 9.04 Å². The molecule has 0 rings (SSSR count). The number of hydrogen-bond donors (Lipinski definition) is 0. The molecule has 3 heteroatoms. The van der Waals surface area contributed by atoms with Crippen LogP contribution in [-0.4, -0.2) is 15.1 Å². The van der Waals surface area contributed by atoms with Crippen LogP contribution >= 0.6 is 0 Å². The summed E-state index contributed by atoms with van der Waals surface area (Å²) in [5.41, 5.74) is 0.273. The summed E-state index contributed by atoms with van der Waals surface area (Å²) in [6.45, 7) is 15.1. The van der Waals surface area contributed by atoms with Crippen LogP contribution in [0, 0.1) is 12.3 Å². The van der Waals surface area contributed by atoms with Crippen LogP contribution in [0.3, 0.4) is 0 Å². The Balaban J connectivity index is 0. The Kier molecular flexibility index (Phi) is 8.88. The summed E-state index contributed by atoms with van der Waals surface area (Å²) in [7, 11) is -0.888. The van der Waals surface area contributed by atoms with Crippen molar-refractivity contribution in [3.63, 3.8) is 0 Å².